The van der Waals surface area contributed by atoms with E-state index in [0.717, 1.165) is 30.8 Å². The van der Waals surface area contributed by atoms with E-state index in [2.05, 4.69) is 20.9 Å². The van der Waals surface area contributed by atoms with Gasteiger partial charge in [-0.1, -0.05) is 0 Å². The Kier molecular flexibility index (Phi) is 3.98. The van der Waals surface area contributed by atoms with E-state index in [1.807, 2.05) is 37.6 Å². The molecule has 2 rings (SSSR count). The minimum Gasteiger partial charge on any atom is -0.385 e. The summed E-state index contributed by atoms with van der Waals surface area (Å²) in [4.78, 5) is 4.00. The van der Waals surface area contributed by atoms with Crippen LogP contribution in [-0.4, -0.2) is 16.1 Å². The number of hydrogen-bond donors (Lipinski definition) is 1. The van der Waals surface area contributed by atoms with Crippen LogP contribution in [0.15, 0.2) is 36.9 Å². The van der Waals surface area contributed by atoms with Crippen LogP contribution in [0.25, 0.3) is 0 Å². The summed E-state index contributed by atoms with van der Waals surface area (Å²) >= 11 is 0. The summed E-state index contributed by atoms with van der Waals surface area (Å²) in [6.07, 6.45) is 6.62. The zero-order chi connectivity index (χ0) is 12.8. The van der Waals surface area contributed by atoms with Gasteiger partial charge in [0.05, 0.1) is 18.0 Å². The van der Waals surface area contributed by atoms with Gasteiger partial charge in [-0.3, -0.25) is 0 Å². The molecule has 0 amide bonds. The average Bonchev–Trinajstić information content (AvgIpc) is 2.89. The second kappa shape index (κ2) is 5.87. The molecule has 0 aliphatic rings. The lowest BCUT2D eigenvalue weighted by Crippen LogP contribution is -2.06. The van der Waals surface area contributed by atoms with E-state index in [4.69, 9.17) is 5.26 Å². The van der Waals surface area contributed by atoms with Gasteiger partial charge in [0, 0.05) is 31.2 Å². The quantitative estimate of drug-likeness (QED) is 0.817. The first-order valence-corrected chi connectivity index (χ1v) is 6.00. The van der Waals surface area contributed by atoms with Gasteiger partial charge in [-0.15, -0.1) is 0 Å². The van der Waals surface area contributed by atoms with Gasteiger partial charge in [0.2, 0.25) is 0 Å². The molecule has 0 fully saturated rings. The molecule has 0 spiro atoms. The zero-order valence-corrected chi connectivity index (χ0v) is 10.4. The number of aromatic nitrogens is 2. The van der Waals surface area contributed by atoms with E-state index in [1.165, 1.54) is 0 Å². The van der Waals surface area contributed by atoms with Crippen molar-refractivity contribution in [2.24, 2.45) is 0 Å². The maximum absolute atomic E-state index is 8.79. The number of hydrogen-bond acceptors (Lipinski definition) is 3. The normalized spacial score (nSPS) is 10.0. The summed E-state index contributed by atoms with van der Waals surface area (Å²) in [5.74, 6) is 0. The summed E-state index contributed by atoms with van der Waals surface area (Å²) in [5, 5.41) is 12.2. The monoisotopic (exact) mass is 240 g/mol. The molecule has 1 aromatic carbocycles. The van der Waals surface area contributed by atoms with Gasteiger partial charge in [0.25, 0.3) is 0 Å². The maximum Gasteiger partial charge on any atom is 0.0991 e. The van der Waals surface area contributed by atoms with Crippen molar-refractivity contribution in [1.29, 1.82) is 5.26 Å². The molecule has 0 aliphatic heterocycles. The van der Waals surface area contributed by atoms with Gasteiger partial charge < -0.3 is 9.88 Å². The molecule has 0 bridgehead atoms. The highest BCUT2D eigenvalue weighted by Crippen LogP contribution is 2.15. The molecule has 2 aromatic rings. The Morgan fingerprint density at radius 3 is 3.00 bits per heavy atom. The van der Waals surface area contributed by atoms with Gasteiger partial charge in [0.15, 0.2) is 0 Å². The van der Waals surface area contributed by atoms with Crippen LogP contribution in [0.1, 0.15) is 17.5 Å². The summed E-state index contributed by atoms with van der Waals surface area (Å²) in [6, 6.07) is 7.85. The third-order valence-electron chi connectivity index (χ3n) is 2.82. The number of nitrogens with zero attached hydrogens (tertiary/aromatic N) is 3. The number of imidazole rings is 1. The molecule has 1 heterocycles. The van der Waals surface area contributed by atoms with Gasteiger partial charge in [-0.2, -0.15) is 5.26 Å². The molecule has 4 nitrogen and oxygen atoms in total. The first-order chi connectivity index (χ1) is 8.79. The van der Waals surface area contributed by atoms with E-state index in [1.54, 1.807) is 6.20 Å². The largest absolute Gasteiger partial charge is 0.385 e. The Hall–Kier alpha value is -2.28. The summed E-state index contributed by atoms with van der Waals surface area (Å²) in [7, 11) is 0. The van der Waals surface area contributed by atoms with Crippen molar-refractivity contribution >= 4 is 5.69 Å². The molecular weight excluding hydrogens is 224 g/mol. The molecule has 0 atom stereocenters. The van der Waals surface area contributed by atoms with E-state index >= 15 is 0 Å². The Morgan fingerprint density at radius 1 is 1.44 bits per heavy atom. The topological polar surface area (TPSA) is 53.6 Å². The van der Waals surface area contributed by atoms with Gasteiger partial charge >= 0.3 is 0 Å². The predicted molar refractivity (Wildman–Crippen MR) is 71.2 cm³/mol. The number of nitriles is 1. The number of aryl methyl sites for hydroxylation is 2. The molecule has 0 saturated carbocycles. The van der Waals surface area contributed by atoms with Crippen LogP contribution in [0.3, 0.4) is 0 Å². The fourth-order valence-corrected chi connectivity index (χ4v) is 1.84. The third-order valence-corrected chi connectivity index (χ3v) is 2.82. The lowest BCUT2D eigenvalue weighted by Gasteiger charge is -2.09. The van der Waals surface area contributed by atoms with Crippen molar-refractivity contribution in [2.75, 3.05) is 11.9 Å². The number of nitrogens with one attached hydrogen (secondary N) is 1. The second-order valence-corrected chi connectivity index (χ2v) is 4.22. The second-order valence-electron chi connectivity index (χ2n) is 4.22. The standard InChI is InChI=1S/C14H16N4/c1-12-9-13(10-15)3-4-14(12)17-5-2-7-18-8-6-16-11-18/h3-4,6,8-9,11,17H,2,5,7H2,1H3. The lowest BCUT2D eigenvalue weighted by molar-refractivity contribution is 0.660. The average molecular weight is 240 g/mol. The van der Waals surface area contributed by atoms with Crippen molar-refractivity contribution < 1.29 is 0 Å². The molecule has 92 valence electrons. The highest BCUT2D eigenvalue weighted by atomic mass is 15.0. The maximum atomic E-state index is 8.79. The van der Waals surface area contributed by atoms with E-state index < -0.39 is 0 Å². The molecule has 0 saturated heterocycles. The molecule has 0 aliphatic carbocycles. The van der Waals surface area contributed by atoms with E-state index in [9.17, 15) is 0 Å². The van der Waals surface area contributed by atoms with Crippen LogP contribution < -0.4 is 5.32 Å². The highest BCUT2D eigenvalue weighted by Gasteiger charge is 1.99. The van der Waals surface area contributed by atoms with Crippen LogP contribution >= 0.6 is 0 Å². The summed E-state index contributed by atoms with van der Waals surface area (Å²) < 4.78 is 2.06. The smallest absolute Gasteiger partial charge is 0.0991 e. The fourth-order valence-electron chi connectivity index (χ4n) is 1.84. The van der Waals surface area contributed by atoms with Gasteiger partial charge in [-0.05, 0) is 37.1 Å². The van der Waals surface area contributed by atoms with Crippen molar-refractivity contribution in [1.82, 2.24) is 9.55 Å². The molecular formula is C14H16N4. The van der Waals surface area contributed by atoms with E-state index in [0.29, 0.717) is 5.56 Å². The first-order valence-electron chi connectivity index (χ1n) is 6.00. The third kappa shape index (κ3) is 3.11. The van der Waals surface area contributed by atoms with Gasteiger partial charge in [-0.25, -0.2) is 4.98 Å². The van der Waals surface area contributed by atoms with Gasteiger partial charge in [0.1, 0.15) is 0 Å². The van der Waals surface area contributed by atoms with Crippen molar-refractivity contribution in [2.45, 2.75) is 19.9 Å². The highest BCUT2D eigenvalue weighted by molar-refractivity contribution is 5.53. The Balaban J connectivity index is 1.82. The molecule has 1 aromatic heterocycles. The first kappa shape index (κ1) is 12.2. The van der Waals surface area contributed by atoms with Crippen LogP contribution in [-0.2, 0) is 6.54 Å². The number of anilines is 1. The Labute approximate surface area is 107 Å². The predicted octanol–water partition coefficient (Wildman–Crippen LogP) is 2.57. The SMILES string of the molecule is Cc1cc(C#N)ccc1NCCCn1ccnc1. The minimum atomic E-state index is 0.705. The van der Waals surface area contributed by atoms with Crippen LogP contribution in [0.2, 0.25) is 0 Å². The molecule has 1 N–H and O–H groups in total. The summed E-state index contributed by atoms with van der Waals surface area (Å²) in [6.45, 7) is 3.88. The minimum absolute atomic E-state index is 0.705. The van der Waals surface area contributed by atoms with Crippen LogP contribution in [0.4, 0.5) is 5.69 Å². The number of benzene rings is 1. The fraction of sp³-hybridized carbons (Fsp3) is 0.286. The summed E-state index contributed by atoms with van der Waals surface area (Å²) in [5.41, 5.74) is 2.91. The molecule has 18 heavy (non-hydrogen) atoms. The lowest BCUT2D eigenvalue weighted by atomic mass is 10.1. The Morgan fingerprint density at radius 2 is 2.33 bits per heavy atom. The number of rotatable bonds is 5. The van der Waals surface area contributed by atoms with E-state index in [-0.39, 0.29) is 0 Å². The van der Waals surface area contributed by atoms with Crippen LogP contribution in [0, 0.1) is 18.3 Å². The van der Waals surface area contributed by atoms with Crippen molar-refractivity contribution in [3.05, 3.63) is 48.0 Å². The molecule has 0 unspecified atom stereocenters. The zero-order valence-electron chi connectivity index (χ0n) is 10.4. The Bertz CT molecular complexity index is 537. The van der Waals surface area contributed by atoms with Crippen LogP contribution in [0.5, 0.6) is 0 Å². The molecule has 0 radical (unpaired) electrons. The van der Waals surface area contributed by atoms with Crippen molar-refractivity contribution in [3.63, 3.8) is 0 Å². The molecule has 4 heteroatoms. The van der Waals surface area contributed by atoms with Crippen molar-refractivity contribution in [3.8, 4) is 6.07 Å².